The SMILES string of the molecule is CCCCc1nnc2sc(/C=C\c3ccc(OC)c(OC)c3)nn12. The summed E-state index contributed by atoms with van der Waals surface area (Å²) in [6.07, 6.45) is 7.10. The third-order valence-electron chi connectivity index (χ3n) is 3.65. The second-order valence-electron chi connectivity index (χ2n) is 5.30. The van der Waals surface area contributed by atoms with Crippen LogP contribution in [0.1, 0.15) is 36.2 Å². The highest BCUT2D eigenvalue weighted by Crippen LogP contribution is 2.28. The van der Waals surface area contributed by atoms with Gasteiger partial charge in [-0.25, -0.2) is 0 Å². The van der Waals surface area contributed by atoms with Crippen molar-refractivity contribution in [2.75, 3.05) is 14.2 Å². The Morgan fingerprint density at radius 1 is 1.12 bits per heavy atom. The molecule has 7 heteroatoms. The third-order valence-corrected chi connectivity index (χ3v) is 4.51. The number of methoxy groups -OCH3 is 2. The highest BCUT2D eigenvalue weighted by Gasteiger charge is 2.10. The van der Waals surface area contributed by atoms with Crippen LogP contribution >= 0.6 is 11.3 Å². The molecule has 2 heterocycles. The molecule has 126 valence electrons. The van der Waals surface area contributed by atoms with Gasteiger partial charge in [0, 0.05) is 6.42 Å². The summed E-state index contributed by atoms with van der Waals surface area (Å²) in [6.45, 7) is 2.16. The van der Waals surface area contributed by atoms with Crippen molar-refractivity contribution in [3.05, 3.63) is 34.6 Å². The van der Waals surface area contributed by atoms with Crippen LogP contribution in [-0.4, -0.2) is 34.0 Å². The number of hydrogen-bond donors (Lipinski definition) is 0. The van der Waals surface area contributed by atoms with Crippen molar-refractivity contribution >= 4 is 28.4 Å². The van der Waals surface area contributed by atoms with Crippen LogP contribution in [0.3, 0.4) is 0 Å². The summed E-state index contributed by atoms with van der Waals surface area (Å²) in [4.78, 5) is 0.827. The minimum absolute atomic E-state index is 0.708. The highest BCUT2D eigenvalue weighted by atomic mass is 32.1. The summed E-state index contributed by atoms with van der Waals surface area (Å²) in [7, 11) is 3.26. The fourth-order valence-electron chi connectivity index (χ4n) is 2.35. The lowest BCUT2D eigenvalue weighted by molar-refractivity contribution is 0.355. The minimum atomic E-state index is 0.708. The van der Waals surface area contributed by atoms with E-state index in [1.165, 1.54) is 11.3 Å². The Labute approximate surface area is 144 Å². The molecular formula is C17H20N4O2S. The molecule has 0 aliphatic heterocycles. The van der Waals surface area contributed by atoms with Gasteiger partial charge in [-0.05, 0) is 30.2 Å². The predicted octanol–water partition coefficient (Wildman–Crippen LogP) is 3.72. The molecule has 3 rings (SSSR count). The van der Waals surface area contributed by atoms with Gasteiger partial charge >= 0.3 is 0 Å². The van der Waals surface area contributed by atoms with Gasteiger partial charge in [-0.15, -0.1) is 10.2 Å². The minimum Gasteiger partial charge on any atom is -0.493 e. The van der Waals surface area contributed by atoms with Gasteiger partial charge < -0.3 is 9.47 Å². The molecule has 3 aromatic rings. The van der Waals surface area contributed by atoms with E-state index in [1.54, 1.807) is 14.2 Å². The lowest BCUT2D eigenvalue weighted by atomic mass is 10.2. The van der Waals surface area contributed by atoms with Gasteiger partial charge in [-0.2, -0.15) is 9.61 Å². The summed E-state index contributed by atoms with van der Waals surface area (Å²) in [5.41, 5.74) is 1.02. The van der Waals surface area contributed by atoms with E-state index in [-0.39, 0.29) is 0 Å². The molecule has 0 aliphatic rings. The zero-order valence-corrected chi connectivity index (χ0v) is 14.8. The normalized spacial score (nSPS) is 11.5. The molecule has 0 bridgehead atoms. The molecule has 0 spiro atoms. The van der Waals surface area contributed by atoms with Gasteiger partial charge in [-0.3, -0.25) is 0 Å². The molecular weight excluding hydrogens is 324 g/mol. The molecule has 0 atom stereocenters. The van der Waals surface area contributed by atoms with Gasteiger partial charge in [0.15, 0.2) is 17.3 Å². The topological polar surface area (TPSA) is 61.5 Å². The van der Waals surface area contributed by atoms with E-state index in [1.807, 2.05) is 34.9 Å². The summed E-state index contributed by atoms with van der Waals surface area (Å²) in [5, 5.41) is 13.9. The predicted molar refractivity (Wildman–Crippen MR) is 95.7 cm³/mol. The van der Waals surface area contributed by atoms with Crippen LogP contribution in [0.2, 0.25) is 0 Å². The van der Waals surface area contributed by atoms with Crippen LogP contribution in [0.25, 0.3) is 17.1 Å². The zero-order chi connectivity index (χ0) is 16.9. The molecule has 0 radical (unpaired) electrons. The number of aromatic nitrogens is 4. The summed E-state index contributed by atoms with van der Waals surface area (Å²) in [5.74, 6) is 2.35. The van der Waals surface area contributed by atoms with Crippen molar-refractivity contribution < 1.29 is 9.47 Å². The van der Waals surface area contributed by atoms with Crippen molar-refractivity contribution in [1.29, 1.82) is 0 Å². The molecule has 0 unspecified atom stereocenters. The van der Waals surface area contributed by atoms with Crippen LogP contribution in [0.5, 0.6) is 11.5 Å². The van der Waals surface area contributed by atoms with Crippen LogP contribution < -0.4 is 9.47 Å². The second-order valence-corrected chi connectivity index (χ2v) is 6.29. The van der Waals surface area contributed by atoms with E-state index >= 15 is 0 Å². The first kappa shape index (κ1) is 16.4. The zero-order valence-electron chi connectivity index (χ0n) is 14.0. The number of unbranched alkanes of at least 4 members (excludes halogenated alkanes) is 1. The Morgan fingerprint density at radius 2 is 1.96 bits per heavy atom. The average molecular weight is 344 g/mol. The lowest BCUT2D eigenvalue weighted by Gasteiger charge is -2.07. The van der Waals surface area contributed by atoms with Crippen molar-refractivity contribution in [3.8, 4) is 11.5 Å². The fourth-order valence-corrected chi connectivity index (χ4v) is 3.11. The Balaban J connectivity index is 1.81. The van der Waals surface area contributed by atoms with Gasteiger partial charge in [0.1, 0.15) is 5.01 Å². The molecule has 0 saturated heterocycles. The standard InChI is InChI=1S/C17H20N4O2S/c1-4-5-6-15-18-19-17-21(15)20-16(24-17)10-8-12-7-9-13(22-2)14(11-12)23-3/h7-11H,4-6H2,1-3H3/b10-8-. The molecule has 0 fully saturated rings. The first-order chi connectivity index (χ1) is 11.7. The van der Waals surface area contributed by atoms with Gasteiger partial charge in [0.2, 0.25) is 4.96 Å². The molecule has 0 aliphatic carbocycles. The van der Waals surface area contributed by atoms with Crippen molar-refractivity contribution in [3.63, 3.8) is 0 Å². The first-order valence-corrected chi connectivity index (χ1v) is 8.68. The maximum absolute atomic E-state index is 5.32. The Morgan fingerprint density at radius 3 is 2.71 bits per heavy atom. The molecule has 0 saturated carbocycles. The van der Waals surface area contributed by atoms with Gasteiger partial charge in [0.05, 0.1) is 14.2 Å². The van der Waals surface area contributed by atoms with Crippen LogP contribution in [0.4, 0.5) is 0 Å². The molecule has 6 nitrogen and oxygen atoms in total. The average Bonchev–Trinajstić information content (AvgIpc) is 3.18. The fraction of sp³-hybridized carbons (Fsp3) is 0.353. The van der Waals surface area contributed by atoms with Crippen molar-refractivity contribution in [1.82, 2.24) is 19.8 Å². The highest BCUT2D eigenvalue weighted by molar-refractivity contribution is 7.17. The molecule has 0 amide bonds. The van der Waals surface area contributed by atoms with E-state index < -0.39 is 0 Å². The largest absolute Gasteiger partial charge is 0.493 e. The number of ether oxygens (including phenoxy) is 2. The summed E-state index contributed by atoms with van der Waals surface area (Å²) >= 11 is 1.52. The quantitative estimate of drug-likeness (QED) is 0.654. The number of nitrogens with zero attached hydrogens (tertiary/aromatic N) is 4. The number of rotatable bonds is 7. The summed E-state index contributed by atoms with van der Waals surface area (Å²) in [6, 6.07) is 5.80. The molecule has 2 aromatic heterocycles. The molecule has 0 N–H and O–H groups in total. The van der Waals surface area contributed by atoms with Gasteiger partial charge in [-0.1, -0.05) is 36.8 Å². The Kier molecular flexibility index (Phi) is 5.10. The van der Waals surface area contributed by atoms with Crippen molar-refractivity contribution in [2.45, 2.75) is 26.2 Å². The second kappa shape index (κ2) is 7.44. The van der Waals surface area contributed by atoms with E-state index in [9.17, 15) is 0 Å². The molecule has 1 aromatic carbocycles. The number of benzene rings is 1. The first-order valence-electron chi connectivity index (χ1n) is 7.86. The van der Waals surface area contributed by atoms with Crippen LogP contribution in [0.15, 0.2) is 18.2 Å². The smallest absolute Gasteiger partial charge is 0.234 e. The molecule has 24 heavy (non-hydrogen) atoms. The maximum atomic E-state index is 5.32. The van der Waals surface area contributed by atoms with Crippen LogP contribution in [-0.2, 0) is 6.42 Å². The van der Waals surface area contributed by atoms with E-state index in [0.29, 0.717) is 11.5 Å². The van der Waals surface area contributed by atoms with E-state index in [4.69, 9.17) is 9.47 Å². The number of hydrogen-bond acceptors (Lipinski definition) is 6. The lowest BCUT2D eigenvalue weighted by Crippen LogP contribution is -1.95. The third kappa shape index (κ3) is 3.41. The van der Waals surface area contributed by atoms with Gasteiger partial charge in [0.25, 0.3) is 0 Å². The summed E-state index contributed by atoms with van der Waals surface area (Å²) < 4.78 is 12.4. The Bertz CT molecular complexity index is 854. The van der Waals surface area contributed by atoms with E-state index in [0.717, 1.165) is 40.6 Å². The monoisotopic (exact) mass is 344 g/mol. The van der Waals surface area contributed by atoms with E-state index in [2.05, 4.69) is 22.2 Å². The number of aryl methyl sites for hydroxylation is 1. The van der Waals surface area contributed by atoms with Crippen molar-refractivity contribution in [2.24, 2.45) is 0 Å². The number of fused-ring (bicyclic) bond motifs is 1. The Hall–Kier alpha value is -2.41. The van der Waals surface area contributed by atoms with Crippen LogP contribution in [0, 0.1) is 0 Å². The maximum Gasteiger partial charge on any atom is 0.234 e.